The minimum absolute atomic E-state index is 0.183. The van der Waals surface area contributed by atoms with E-state index in [4.69, 9.17) is 4.18 Å². The Morgan fingerprint density at radius 3 is 2.73 bits per heavy atom. The molecule has 1 N–H and O–H groups in total. The van der Waals surface area contributed by atoms with Gasteiger partial charge in [-0.25, -0.2) is 0 Å². The lowest BCUT2D eigenvalue weighted by Crippen LogP contribution is -2.50. The van der Waals surface area contributed by atoms with Gasteiger partial charge in [0.2, 0.25) is 0 Å². The van der Waals surface area contributed by atoms with Gasteiger partial charge in [0, 0.05) is 35.6 Å². The molecule has 3 aromatic rings. The van der Waals surface area contributed by atoms with Gasteiger partial charge in [-0.3, -0.25) is 9.08 Å². The fourth-order valence-electron chi connectivity index (χ4n) is 5.34. The van der Waals surface area contributed by atoms with Gasteiger partial charge in [0.15, 0.2) is 0 Å². The smallest absolute Gasteiger partial charge is 0.296 e. The van der Waals surface area contributed by atoms with Crippen molar-refractivity contribution >= 4 is 21.0 Å². The molecule has 2 aliphatic rings. The van der Waals surface area contributed by atoms with E-state index in [9.17, 15) is 8.42 Å². The predicted molar refractivity (Wildman–Crippen MR) is 118 cm³/mol. The molecule has 1 aromatic heterocycles. The summed E-state index contributed by atoms with van der Waals surface area (Å²) in [6.07, 6.45) is 4.15. The molecule has 5 rings (SSSR count). The second-order valence-corrected chi connectivity index (χ2v) is 10.3. The summed E-state index contributed by atoms with van der Waals surface area (Å²) in [7, 11) is -3.73. The van der Waals surface area contributed by atoms with Crippen molar-refractivity contribution < 1.29 is 12.6 Å². The second-order valence-electron chi connectivity index (χ2n) is 8.70. The molecule has 3 atom stereocenters. The number of aromatic amines is 1. The number of rotatable bonds is 5. The van der Waals surface area contributed by atoms with Crippen molar-refractivity contribution in [2.45, 2.75) is 43.5 Å². The second kappa shape index (κ2) is 7.52. The Morgan fingerprint density at radius 2 is 1.97 bits per heavy atom. The van der Waals surface area contributed by atoms with Crippen molar-refractivity contribution in [1.82, 2.24) is 9.88 Å². The third kappa shape index (κ3) is 3.37. The molecular weight excluding hydrogens is 396 g/mol. The van der Waals surface area contributed by atoms with Crippen molar-refractivity contribution in [2.24, 2.45) is 5.92 Å². The molecule has 0 spiro atoms. The largest absolute Gasteiger partial charge is 0.361 e. The van der Waals surface area contributed by atoms with Crippen LogP contribution in [0, 0.1) is 12.8 Å². The number of hydrogen-bond acceptors (Lipinski definition) is 4. The first-order chi connectivity index (χ1) is 14.5. The normalized spacial score (nSPS) is 24.1. The van der Waals surface area contributed by atoms with Crippen molar-refractivity contribution in [3.63, 3.8) is 0 Å². The van der Waals surface area contributed by atoms with Gasteiger partial charge in [0.05, 0.1) is 11.5 Å². The van der Waals surface area contributed by atoms with Gasteiger partial charge in [0.25, 0.3) is 10.1 Å². The van der Waals surface area contributed by atoms with Crippen molar-refractivity contribution in [3.8, 4) is 0 Å². The van der Waals surface area contributed by atoms with Gasteiger partial charge < -0.3 is 4.98 Å². The summed E-state index contributed by atoms with van der Waals surface area (Å²) in [6, 6.07) is 13.8. The zero-order valence-corrected chi connectivity index (χ0v) is 18.3. The first-order valence-electron chi connectivity index (χ1n) is 10.8. The third-order valence-electron chi connectivity index (χ3n) is 6.84. The highest BCUT2D eigenvalue weighted by Crippen LogP contribution is 2.44. The van der Waals surface area contributed by atoms with Crippen LogP contribution in [0.1, 0.15) is 36.0 Å². The van der Waals surface area contributed by atoms with E-state index in [0.29, 0.717) is 12.0 Å². The van der Waals surface area contributed by atoms with Gasteiger partial charge in [-0.15, -0.1) is 0 Å². The fraction of sp³-hybridized carbons (Fsp3) is 0.417. The summed E-state index contributed by atoms with van der Waals surface area (Å²) < 4.78 is 30.9. The van der Waals surface area contributed by atoms with E-state index in [1.54, 1.807) is 24.3 Å². The minimum Gasteiger partial charge on any atom is -0.361 e. The molecule has 1 saturated heterocycles. The van der Waals surface area contributed by atoms with E-state index in [1.807, 2.05) is 6.92 Å². The number of likely N-dealkylation sites (tertiary alicyclic amines) is 1. The Morgan fingerprint density at radius 1 is 1.17 bits per heavy atom. The van der Waals surface area contributed by atoms with Crippen LogP contribution in [0.2, 0.25) is 0 Å². The molecule has 0 amide bonds. The molecule has 5 nitrogen and oxygen atoms in total. The molecule has 158 valence electrons. The molecule has 2 heterocycles. The molecule has 0 radical (unpaired) electrons. The Kier molecular flexibility index (Phi) is 4.96. The zero-order valence-electron chi connectivity index (χ0n) is 17.5. The highest BCUT2D eigenvalue weighted by molar-refractivity contribution is 7.86. The maximum absolute atomic E-state index is 12.7. The Labute approximate surface area is 178 Å². The van der Waals surface area contributed by atoms with Crippen LogP contribution in [-0.4, -0.2) is 44.0 Å². The number of aromatic nitrogens is 1. The molecule has 0 bridgehead atoms. The first-order valence-corrected chi connectivity index (χ1v) is 12.2. The van der Waals surface area contributed by atoms with Crippen LogP contribution in [0.4, 0.5) is 0 Å². The summed E-state index contributed by atoms with van der Waals surface area (Å²) in [5.74, 6) is 0.587. The number of fused-ring (bicyclic) bond motifs is 2. The van der Waals surface area contributed by atoms with Crippen LogP contribution in [0.5, 0.6) is 0 Å². The number of benzene rings is 2. The zero-order chi connectivity index (χ0) is 20.9. The monoisotopic (exact) mass is 424 g/mol. The van der Waals surface area contributed by atoms with Gasteiger partial charge >= 0.3 is 0 Å². The molecule has 6 heteroatoms. The molecule has 1 fully saturated rings. The SMILES string of the molecule is CCN1C[C@H](COS(=O)(=O)c2ccc(C)cc2)CC2c3cccc4[nH]cc(c34)C[C@H]21. The molecule has 1 unspecified atom stereocenters. The number of nitrogens with zero attached hydrogens (tertiary/aromatic N) is 1. The topological polar surface area (TPSA) is 62.4 Å². The number of likely N-dealkylation sites (N-methyl/N-ethyl adjacent to an activating group) is 1. The lowest BCUT2D eigenvalue weighted by atomic mass is 9.72. The van der Waals surface area contributed by atoms with Crippen LogP contribution in [0.15, 0.2) is 53.6 Å². The number of H-pyrrole nitrogens is 1. The summed E-state index contributed by atoms with van der Waals surface area (Å²) in [5, 5.41) is 1.36. The molecule has 1 aliphatic heterocycles. The maximum atomic E-state index is 12.7. The Hall–Kier alpha value is -2.15. The van der Waals surface area contributed by atoms with Crippen molar-refractivity contribution in [3.05, 3.63) is 65.4 Å². The number of nitrogens with one attached hydrogen (secondary N) is 1. The lowest BCUT2D eigenvalue weighted by molar-refractivity contribution is 0.0682. The average molecular weight is 425 g/mol. The average Bonchev–Trinajstić information content (AvgIpc) is 3.17. The van der Waals surface area contributed by atoms with Gasteiger partial charge in [0.1, 0.15) is 0 Å². The summed E-state index contributed by atoms with van der Waals surface area (Å²) >= 11 is 0. The summed E-state index contributed by atoms with van der Waals surface area (Å²) in [4.78, 5) is 6.16. The molecular formula is C24H28N2O3S. The van der Waals surface area contributed by atoms with Gasteiger partial charge in [-0.2, -0.15) is 8.42 Å². The molecule has 2 aromatic carbocycles. The lowest BCUT2D eigenvalue weighted by Gasteiger charge is -2.46. The van der Waals surface area contributed by atoms with E-state index < -0.39 is 10.1 Å². The fourth-order valence-corrected chi connectivity index (χ4v) is 6.32. The van der Waals surface area contributed by atoms with Crippen LogP contribution >= 0.6 is 0 Å². The maximum Gasteiger partial charge on any atom is 0.296 e. The molecule has 30 heavy (non-hydrogen) atoms. The van der Waals surface area contributed by atoms with E-state index >= 15 is 0 Å². The number of piperidine rings is 1. The van der Waals surface area contributed by atoms with E-state index in [2.05, 4.69) is 41.2 Å². The highest BCUT2D eigenvalue weighted by Gasteiger charge is 2.40. The first kappa shape index (κ1) is 19.8. The van der Waals surface area contributed by atoms with E-state index in [0.717, 1.165) is 31.5 Å². The minimum atomic E-state index is -3.73. The third-order valence-corrected chi connectivity index (χ3v) is 8.13. The predicted octanol–water partition coefficient (Wildman–Crippen LogP) is 4.23. The summed E-state index contributed by atoms with van der Waals surface area (Å²) in [6.45, 7) is 6.19. The molecule has 0 saturated carbocycles. The van der Waals surface area contributed by atoms with Gasteiger partial charge in [-0.1, -0.05) is 36.8 Å². The van der Waals surface area contributed by atoms with Crippen LogP contribution in [0.25, 0.3) is 10.9 Å². The van der Waals surface area contributed by atoms with Gasteiger partial charge in [-0.05, 0) is 61.6 Å². The van der Waals surface area contributed by atoms with E-state index in [-0.39, 0.29) is 17.4 Å². The van der Waals surface area contributed by atoms with Crippen LogP contribution < -0.4 is 0 Å². The Balaban J connectivity index is 1.38. The standard InChI is InChI=1S/C24H28N2O3S/c1-3-26-14-17(15-29-30(27,28)19-9-7-16(2)8-10-19)11-21-20-5-4-6-22-24(20)18(13-25-22)12-23(21)26/h4-10,13,17,21,23,25H,3,11-12,14-15H2,1-2H3/t17-,21?,23-/m1/s1. The van der Waals surface area contributed by atoms with Crippen LogP contribution in [0.3, 0.4) is 0 Å². The molecule has 1 aliphatic carbocycles. The summed E-state index contributed by atoms with van der Waals surface area (Å²) in [5.41, 5.74) is 5.02. The van der Waals surface area contributed by atoms with Crippen molar-refractivity contribution in [2.75, 3.05) is 19.7 Å². The van der Waals surface area contributed by atoms with Crippen LogP contribution in [-0.2, 0) is 20.7 Å². The van der Waals surface area contributed by atoms with Crippen molar-refractivity contribution in [1.29, 1.82) is 0 Å². The highest BCUT2D eigenvalue weighted by atomic mass is 32.2. The Bertz CT molecular complexity index is 1170. The number of aryl methyl sites for hydroxylation is 1. The number of hydrogen-bond donors (Lipinski definition) is 1. The van der Waals surface area contributed by atoms with E-state index in [1.165, 1.54) is 22.0 Å². The quantitative estimate of drug-likeness (QED) is 0.623.